The van der Waals surface area contributed by atoms with Gasteiger partial charge in [-0.1, -0.05) is 0 Å². The van der Waals surface area contributed by atoms with E-state index in [0.29, 0.717) is 25.4 Å². The van der Waals surface area contributed by atoms with Crippen LogP contribution in [0, 0.1) is 0 Å². The van der Waals surface area contributed by atoms with E-state index in [1.165, 1.54) is 18.2 Å². The summed E-state index contributed by atoms with van der Waals surface area (Å²) >= 11 is 0. The number of carbonyl (C=O) groups is 1. The van der Waals surface area contributed by atoms with Crippen molar-refractivity contribution >= 4 is 25.6 Å². The molecule has 0 aliphatic carbocycles. The van der Waals surface area contributed by atoms with Gasteiger partial charge >= 0.3 is 0 Å². The predicted octanol–water partition coefficient (Wildman–Crippen LogP) is 2.49. The maximum atomic E-state index is 12.4. The van der Waals surface area contributed by atoms with Crippen molar-refractivity contribution in [2.75, 3.05) is 19.7 Å². The van der Waals surface area contributed by atoms with E-state index in [1.54, 1.807) is 11.8 Å². The Morgan fingerprint density at radius 1 is 1.25 bits per heavy atom. The van der Waals surface area contributed by atoms with Gasteiger partial charge < -0.3 is 9.64 Å². The molecule has 5 nitrogen and oxygen atoms in total. The Kier molecular flexibility index (Phi) is 5.83. The van der Waals surface area contributed by atoms with E-state index in [9.17, 15) is 13.2 Å². The van der Waals surface area contributed by atoms with Crippen molar-refractivity contribution < 1.29 is 17.9 Å². The van der Waals surface area contributed by atoms with Crippen LogP contribution in [-0.2, 0) is 9.05 Å². The summed E-state index contributed by atoms with van der Waals surface area (Å²) in [5, 5.41) is 0. The number of hydrogen-bond donors (Lipinski definition) is 0. The minimum Gasteiger partial charge on any atom is -0.493 e. The second-order valence-electron chi connectivity index (χ2n) is 4.01. The first-order valence-electron chi connectivity index (χ1n) is 6.35. The number of nitrogens with zero attached hydrogens (tertiary/aromatic N) is 1. The zero-order chi connectivity index (χ0) is 15.3. The maximum absolute atomic E-state index is 12.4. The van der Waals surface area contributed by atoms with Gasteiger partial charge in [0.2, 0.25) is 0 Å². The zero-order valence-corrected chi connectivity index (χ0v) is 13.3. The van der Waals surface area contributed by atoms with Crippen LogP contribution in [0.5, 0.6) is 5.75 Å². The molecule has 1 amide bonds. The largest absolute Gasteiger partial charge is 0.493 e. The number of benzene rings is 1. The Morgan fingerprint density at radius 2 is 1.85 bits per heavy atom. The minimum absolute atomic E-state index is 0.113. The molecule has 0 bridgehead atoms. The Bertz CT molecular complexity index is 582. The molecular weight excluding hydrogens is 302 g/mol. The molecule has 0 heterocycles. The first-order chi connectivity index (χ1) is 9.35. The van der Waals surface area contributed by atoms with Crippen LogP contribution in [0.2, 0.25) is 0 Å². The van der Waals surface area contributed by atoms with Gasteiger partial charge in [0.15, 0.2) is 0 Å². The summed E-state index contributed by atoms with van der Waals surface area (Å²) in [7, 11) is 1.43. The van der Waals surface area contributed by atoms with E-state index in [0.717, 1.165) is 0 Å². The van der Waals surface area contributed by atoms with Crippen molar-refractivity contribution in [3.63, 3.8) is 0 Å². The van der Waals surface area contributed by atoms with Gasteiger partial charge in [-0.3, -0.25) is 4.79 Å². The fourth-order valence-corrected chi connectivity index (χ4v) is 2.57. The van der Waals surface area contributed by atoms with Gasteiger partial charge in [0.05, 0.1) is 17.1 Å². The van der Waals surface area contributed by atoms with Crippen molar-refractivity contribution in [1.29, 1.82) is 0 Å². The highest BCUT2D eigenvalue weighted by atomic mass is 35.7. The van der Waals surface area contributed by atoms with Crippen molar-refractivity contribution in [2.24, 2.45) is 0 Å². The van der Waals surface area contributed by atoms with Crippen molar-refractivity contribution in [3.8, 4) is 5.75 Å². The molecule has 112 valence electrons. The van der Waals surface area contributed by atoms with Crippen LogP contribution >= 0.6 is 10.7 Å². The molecule has 7 heteroatoms. The molecular formula is C13H18ClNO4S. The third kappa shape index (κ3) is 3.86. The van der Waals surface area contributed by atoms with Gasteiger partial charge in [-0.25, -0.2) is 8.42 Å². The number of hydrogen-bond acceptors (Lipinski definition) is 4. The van der Waals surface area contributed by atoms with Crippen molar-refractivity contribution in [2.45, 2.75) is 25.7 Å². The molecule has 0 saturated heterocycles. The summed E-state index contributed by atoms with van der Waals surface area (Å²) in [5.41, 5.74) is 0.206. The fraction of sp³-hybridized carbons (Fsp3) is 0.462. The molecule has 0 saturated carbocycles. The van der Waals surface area contributed by atoms with E-state index >= 15 is 0 Å². The zero-order valence-electron chi connectivity index (χ0n) is 11.7. The Hall–Kier alpha value is -1.27. The summed E-state index contributed by atoms with van der Waals surface area (Å²) in [6, 6.07) is 4.04. The molecule has 0 aliphatic rings. The Morgan fingerprint density at radius 3 is 2.30 bits per heavy atom. The number of rotatable bonds is 6. The maximum Gasteiger partial charge on any atom is 0.261 e. The lowest BCUT2D eigenvalue weighted by Gasteiger charge is -2.20. The Balaban J connectivity index is 3.35. The van der Waals surface area contributed by atoms with Crippen molar-refractivity contribution in [3.05, 3.63) is 23.8 Å². The quantitative estimate of drug-likeness (QED) is 0.756. The molecule has 1 aromatic carbocycles. The monoisotopic (exact) mass is 319 g/mol. The van der Waals surface area contributed by atoms with Crippen LogP contribution in [0.15, 0.2) is 23.1 Å². The van der Waals surface area contributed by atoms with Gasteiger partial charge in [-0.15, -0.1) is 0 Å². The van der Waals surface area contributed by atoms with Gasteiger partial charge in [-0.2, -0.15) is 0 Å². The summed E-state index contributed by atoms with van der Waals surface area (Å²) < 4.78 is 28.2. The Labute approximate surface area is 123 Å². The van der Waals surface area contributed by atoms with Gasteiger partial charge in [-0.05, 0) is 39.0 Å². The lowest BCUT2D eigenvalue weighted by Crippen LogP contribution is -2.31. The van der Waals surface area contributed by atoms with Crippen LogP contribution in [0.4, 0.5) is 0 Å². The topological polar surface area (TPSA) is 63.7 Å². The molecule has 0 atom stereocenters. The molecule has 0 radical (unpaired) electrons. The minimum atomic E-state index is -3.88. The van der Waals surface area contributed by atoms with Crippen LogP contribution in [0.3, 0.4) is 0 Å². The second-order valence-corrected chi connectivity index (χ2v) is 6.57. The molecule has 0 spiro atoms. The standard InChI is InChI=1S/C13H18ClNO4S/c1-4-15(5-2)13(16)11-9-10(20(14,17)18)7-8-12(11)19-6-3/h7-9H,4-6H2,1-3H3. The highest BCUT2D eigenvalue weighted by Crippen LogP contribution is 2.26. The molecule has 1 rings (SSSR count). The number of halogens is 1. The van der Waals surface area contributed by atoms with E-state index in [1.807, 2.05) is 13.8 Å². The van der Waals surface area contributed by atoms with Crippen LogP contribution in [0.25, 0.3) is 0 Å². The molecule has 0 fully saturated rings. The lowest BCUT2D eigenvalue weighted by atomic mass is 10.1. The molecule has 0 unspecified atom stereocenters. The SMILES string of the molecule is CCOc1ccc(S(=O)(=O)Cl)cc1C(=O)N(CC)CC. The average molecular weight is 320 g/mol. The third-order valence-corrected chi connectivity index (χ3v) is 4.16. The lowest BCUT2D eigenvalue weighted by molar-refractivity contribution is 0.0768. The van der Waals surface area contributed by atoms with E-state index in [-0.39, 0.29) is 16.4 Å². The summed E-state index contributed by atoms with van der Waals surface area (Å²) in [6.07, 6.45) is 0. The normalized spacial score (nSPS) is 11.2. The fourth-order valence-electron chi connectivity index (χ4n) is 1.79. The van der Waals surface area contributed by atoms with Crippen LogP contribution < -0.4 is 4.74 Å². The van der Waals surface area contributed by atoms with Crippen molar-refractivity contribution in [1.82, 2.24) is 4.90 Å². The van der Waals surface area contributed by atoms with E-state index in [2.05, 4.69) is 0 Å². The molecule has 0 aliphatic heterocycles. The smallest absolute Gasteiger partial charge is 0.261 e. The van der Waals surface area contributed by atoms with E-state index < -0.39 is 9.05 Å². The predicted molar refractivity (Wildman–Crippen MR) is 77.9 cm³/mol. The summed E-state index contributed by atoms with van der Waals surface area (Å²) in [5.74, 6) is 0.0779. The number of carbonyl (C=O) groups excluding carboxylic acids is 1. The number of amides is 1. The number of ether oxygens (including phenoxy) is 1. The molecule has 20 heavy (non-hydrogen) atoms. The summed E-state index contributed by atoms with van der Waals surface area (Å²) in [6.45, 7) is 6.93. The third-order valence-electron chi connectivity index (χ3n) is 2.81. The molecule has 0 N–H and O–H groups in total. The van der Waals surface area contributed by atoms with Gasteiger partial charge in [0.1, 0.15) is 5.75 Å². The molecule has 0 aromatic heterocycles. The van der Waals surface area contributed by atoms with Crippen LogP contribution in [0.1, 0.15) is 31.1 Å². The highest BCUT2D eigenvalue weighted by Gasteiger charge is 2.21. The first kappa shape index (κ1) is 16.8. The van der Waals surface area contributed by atoms with Gasteiger partial charge in [0, 0.05) is 23.8 Å². The van der Waals surface area contributed by atoms with E-state index in [4.69, 9.17) is 15.4 Å². The highest BCUT2D eigenvalue weighted by molar-refractivity contribution is 8.13. The summed E-state index contributed by atoms with van der Waals surface area (Å²) in [4.78, 5) is 13.9. The average Bonchev–Trinajstić information content (AvgIpc) is 2.39. The van der Waals surface area contributed by atoms with Crippen LogP contribution in [-0.4, -0.2) is 38.9 Å². The first-order valence-corrected chi connectivity index (χ1v) is 8.66. The second kappa shape index (κ2) is 6.95. The van der Waals surface area contributed by atoms with Gasteiger partial charge in [0.25, 0.3) is 15.0 Å². The molecule has 1 aromatic rings.